The van der Waals surface area contributed by atoms with E-state index >= 15 is 0 Å². The molecule has 3 heteroatoms. The van der Waals surface area contributed by atoms with Crippen molar-refractivity contribution in [1.29, 1.82) is 0 Å². The average molecular weight is 226 g/mol. The van der Waals surface area contributed by atoms with Gasteiger partial charge in [-0.3, -0.25) is 4.79 Å². The van der Waals surface area contributed by atoms with Gasteiger partial charge in [0.15, 0.2) is 0 Å². The van der Waals surface area contributed by atoms with Gasteiger partial charge in [-0.15, -0.1) is 0 Å². The second-order valence-corrected chi connectivity index (χ2v) is 4.74. The summed E-state index contributed by atoms with van der Waals surface area (Å²) in [6, 6.07) is 7.45. The van der Waals surface area contributed by atoms with Gasteiger partial charge in [-0.2, -0.15) is 0 Å². The maximum Gasteiger partial charge on any atom is 0.137 e. The van der Waals surface area contributed by atoms with Gasteiger partial charge in [-0.05, 0) is 31.2 Å². The number of halogens is 1. The lowest BCUT2D eigenvalue weighted by molar-refractivity contribution is -0.124. The van der Waals surface area contributed by atoms with Gasteiger partial charge < -0.3 is 5.32 Å². The molecule has 1 aromatic rings. The van der Waals surface area contributed by atoms with Crippen LogP contribution >= 0.6 is 11.6 Å². The predicted octanol–water partition coefficient (Wildman–Crippen LogP) is 3.37. The van der Waals surface area contributed by atoms with Crippen LogP contribution in [0.5, 0.6) is 0 Å². The highest BCUT2D eigenvalue weighted by Gasteiger charge is 2.22. The van der Waals surface area contributed by atoms with Gasteiger partial charge in [0.2, 0.25) is 0 Å². The Morgan fingerprint density at radius 1 is 1.33 bits per heavy atom. The minimum absolute atomic E-state index is 0.184. The second-order valence-electron chi connectivity index (χ2n) is 4.30. The quantitative estimate of drug-likeness (QED) is 0.852. The van der Waals surface area contributed by atoms with Crippen LogP contribution < -0.4 is 5.32 Å². The van der Waals surface area contributed by atoms with Crippen molar-refractivity contribution in [3.05, 3.63) is 29.3 Å². The Balaban J connectivity index is 2.57. The van der Waals surface area contributed by atoms with Crippen LogP contribution in [0.25, 0.3) is 0 Å². The van der Waals surface area contributed by atoms with E-state index in [0.29, 0.717) is 11.6 Å². The van der Waals surface area contributed by atoms with Crippen LogP contribution in [0.1, 0.15) is 20.8 Å². The fraction of sp³-hybridized carbons (Fsp3) is 0.417. The predicted molar refractivity (Wildman–Crippen MR) is 64.4 cm³/mol. The number of hydrogen-bond acceptors (Lipinski definition) is 2. The maximum absolute atomic E-state index is 11.3. The smallest absolute Gasteiger partial charge is 0.137 e. The van der Waals surface area contributed by atoms with Crippen LogP contribution in [0.2, 0.25) is 5.02 Å². The molecule has 0 saturated carbocycles. The summed E-state index contributed by atoms with van der Waals surface area (Å²) in [7, 11) is 0. The number of carbonyl (C=O) groups is 1. The summed E-state index contributed by atoms with van der Waals surface area (Å²) >= 11 is 5.77. The first-order chi connectivity index (χ1) is 6.92. The number of Topliss-reactive ketones (excluding diaryl/α,β-unsaturated/α-hetero) is 1. The van der Waals surface area contributed by atoms with Gasteiger partial charge in [0, 0.05) is 22.7 Å². The number of anilines is 1. The van der Waals surface area contributed by atoms with E-state index in [9.17, 15) is 4.79 Å². The zero-order valence-electron chi connectivity index (χ0n) is 9.30. The first-order valence-corrected chi connectivity index (χ1v) is 5.30. The topological polar surface area (TPSA) is 29.1 Å². The molecule has 1 aromatic carbocycles. The molecule has 82 valence electrons. The van der Waals surface area contributed by atoms with E-state index in [-0.39, 0.29) is 11.2 Å². The first kappa shape index (κ1) is 12.1. The van der Waals surface area contributed by atoms with Crippen molar-refractivity contribution in [1.82, 2.24) is 0 Å². The average Bonchev–Trinajstić information content (AvgIpc) is 2.17. The Hall–Kier alpha value is -1.02. The Morgan fingerprint density at radius 2 is 1.87 bits per heavy atom. The number of ketones is 1. The van der Waals surface area contributed by atoms with E-state index in [1.165, 1.54) is 0 Å². The van der Waals surface area contributed by atoms with E-state index in [2.05, 4.69) is 5.32 Å². The maximum atomic E-state index is 11.3. The molecule has 0 fully saturated rings. The van der Waals surface area contributed by atoms with E-state index in [1.54, 1.807) is 6.92 Å². The second kappa shape index (κ2) is 4.67. The summed E-state index contributed by atoms with van der Waals surface area (Å²) in [6.07, 6.45) is 0. The number of carbonyl (C=O) groups excluding carboxylic acids is 1. The lowest BCUT2D eigenvalue weighted by Gasteiger charge is -2.22. The van der Waals surface area contributed by atoms with Gasteiger partial charge in [0.25, 0.3) is 0 Å². The van der Waals surface area contributed by atoms with Crippen LogP contribution in [0.3, 0.4) is 0 Å². The van der Waals surface area contributed by atoms with Crippen LogP contribution in [0, 0.1) is 5.41 Å². The number of hydrogen-bond donors (Lipinski definition) is 1. The third-order valence-corrected chi connectivity index (χ3v) is 2.78. The molecule has 0 aromatic heterocycles. The van der Waals surface area contributed by atoms with Gasteiger partial charge >= 0.3 is 0 Å². The minimum Gasteiger partial charge on any atom is -0.384 e. The molecular formula is C12H16ClNO. The molecule has 0 radical (unpaired) electrons. The number of benzene rings is 1. The molecule has 0 spiro atoms. The molecule has 0 aliphatic heterocycles. The van der Waals surface area contributed by atoms with Crippen LogP contribution in [-0.2, 0) is 4.79 Å². The van der Waals surface area contributed by atoms with Gasteiger partial charge in [0.1, 0.15) is 5.78 Å². The third-order valence-electron chi connectivity index (χ3n) is 2.53. The van der Waals surface area contributed by atoms with Crippen molar-refractivity contribution >= 4 is 23.1 Å². The summed E-state index contributed by atoms with van der Waals surface area (Å²) in [6.45, 7) is 6.10. The largest absolute Gasteiger partial charge is 0.384 e. The molecule has 15 heavy (non-hydrogen) atoms. The van der Waals surface area contributed by atoms with Gasteiger partial charge in [-0.25, -0.2) is 0 Å². The van der Waals surface area contributed by atoms with Crippen molar-refractivity contribution in [3.8, 4) is 0 Å². The molecule has 0 amide bonds. The highest BCUT2D eigenvalue weighted by Crippen LogP contribution is 2.19. The summed E-state index contributed by atoms with van der Waals surface area (Å²) in [4.78, 5) is 11.3. The summed E-state index contributed by atoms with van der Waals surface area (Å²) in [5, 5.41) is 3.93. The van der Waals surface area contributed by atoms with E-state index in [0.717, 1.165) is 5.69 Å². The van der Waals surface area contributed by atoms with Crippen LogP contribution in [0.4, 0.5) is 5.69 Å². The Labute approximate surface area is 95.6 Å². The minimum atomic E-state index is -0.334. The van der Waals surface area contributed by atoms with Crippen molar-refractivity contribution in [2.45, 2.75) is 20.8 Å². The fourth-order valence-electron chi connectivity index (χ4n) is 1.02. The normalized spacial score (nSPS) is 11.2. The number of nitrogens with one attached hydrogen (secondary N) is 1. The Morgan fingerprint density at radius 3 is 2.33 bits per heavy atom. The fourth-order valence-corrected chi connectivity index (χ4v) is 1.14. The SMILES string of the molecule is CC(=O)C(C)(C)CNc1ccc(Cl)cc1. The Kier molecular flexibility index (Phi) is 3.75. The van der Waals surface area contributed by atoms with E-state index in [4.69, 9.17) is 11.6 Å². The molecule has 0 atom stereocenters. The first-order valence-electron chi connectivity index (χ1n) is 4.92. The molecule has 0 aliphatic rings. The molecule has 0 bridgehead atoms. The van der Waals surface area contributed by atoms with Crippen molar-refractivity contribution < 1.29 is 4.79 Å². The highest BCUT2D eigenvalue weighted by molar-refractivity contribution is 6.30. The summed E-state index contributed by atoms with van der Waals surface area (Å²) in [5.41, 5.74) is 0.647. The van der Waals surface area contributed by atoms with Crippen LogP contribution in [0.15, 0.2) is 24.3 Å². The standard InChI is InChI=1S/C12H16ClNO/c1-9(15)12(2,3)8-14-11-6-4-10(13)5-7-11/h4-7,14H,8H2,1-3H3. The molecule has 1 N–H and O–H groups in total. The molecule has 0 aliphatic carbocycles. The van der Waals surface area contributed by atoms with E-state index < -0.39 is 0 Å². The zero-order chi connectivity index (χ0) is 11.5. The molecular weight excluding hydrogens is 210 g/mol. The van der Waals surface area contributed by atoms with Gasteiger partial charge in [-0.1, -0.05) is 25.4 Å². The molecule has 0 heterocycles. The Bertz CT molecular complexity index is 343. The summed E-state index contributed by atoms with van der Waals surface area (Å²) < 4.78 is 0. The highest BCUT2D eigenvalue weighted by atomic mass is 35.5. The number of rotatable bonds is 4. The van der Waals surface area contributed by atoms with Crippen molar-refractivity contribution in [3.63, 3.8) is 0 Å². The van der Waals surface area contributed by atoms with Crippen molar-refractivity contribution in [2.75, 3.05) is 11.9 Å². The summed E-state index contributed by atoms with van der Waals surface area (Å²) in [5.74, 6) is 0.184. The third kappa shape index (κ3) is 3.56. The van der Waals surface area contributed by atoms with Crippen molar-refractivity contribution in [2.24, 2.45) is 5.41 Å². The van der Waals surface area contributed by atoms with Crippen LogP contribution in [-0.4, -0.2) is 12.3 Å². The van der Waals surface area contributed by atoms with E-state index in [1.807, 2.05) is 38.1 Å². The van der Waals surface area contributed by atoms with Gasteiger partial charge in [0.05, 0.1) is 0 Å². The lowest BCUT2D eigenvalue weighted by Crippen LogP contribution is -2.30. The lowest BCUT2D eigenvalue weighted by atomic mass is 9.89. The molecule has 1 rings (SSSR count). The molecule has 0 unspecified atom stereocenters. The molecule has 2 nitrogen and oxygen atoms in total. The molecule has 0 saturated heterocycles. The zero-order valence-corrected chi connectivity index (χ0v) is 10.1. The monoisotopic (exact) mass is 225 g/mol.